The molecule has 0 bridgehead atoms. The topological polar surface area (TPSA) is 40.5 Å². The second kappa shape index (κ2) is 6.41. The summed E-state index contributed by atoms with van der Waals surface area (Å²) in [5, 5.41) is 18.9. The summed E-state index contributed by atoms with van der Waals surface area (Å²) >= 11 is 0. The maximum absolute atomic E-state index is 9.43. The zero-order valence-corrected chi connectivity index (χ0v) is 10.1. The molecule has 0 aromatic heterocycles. The molecule has 0 atom stereocenters. The van der Waals surface area contributed by atoms with E-state index in [1.807, 2.05) is 0 Å². The van der Waals surface area contributed by atoms with Crippen LogP contribution in [0.25, 0.3) is 0 Å². The highest BCUT2D eigenvalue weighted by molar-refractivity contribution is 4.83. The number of hydrogen-bond donors (Lipinski definition) is 2. The molecule has 0 aromatic rings. The first-order valence-electron chi connectivity index (χ1n) is 5.78. The van der Waals surface area contributed by atoms with Crippen molar-refractivity contribution >= 4 is 0 Å². The molecule has 0 unspecified atom stereocenters. The molecule has 0 aliphatic rings. The molecule has 0 aliphatic carbocycles. The van der Waals surface area contributed by atoms with Gasteiger partial charge in [-0.25, -0.2) is 0 Å². The van der Waals surface area contributed by atoms with Gasteiger partial charge in [-0.1, -0.05) is 40.5 Å². The predicted molar refractivity (Wildman–Crippen MR) is 60.1 cm³/mol. The van der Waals surface area contributed by atoms with Gasteiger partial charge >= 0.3 is 0 Å². The minimum absolute atomic E-state index is 0.0949. The highest BCUT2D eigenvalue weighted by atomic mass is 16.3. The zero-order chi connectivity index (χ0) is 11.2. The highest BCUT2D eigenvalue weighted by Gasteiger charge is 2.34. The van der Waals surface area contributed by atoms with Gasteiger partial charge in [0.2, 0.25) is 0 Å². The van der Waals surface area contributed by atoms with Gasteiger partial charge in [0, 0.05) is 5.41 Å². The average molecular weight is 202 g/mol. The molecular weight excluding hydrogens is 176 g/mol. The van der Waals surface area contributed by atoms with Crippen LogP contribution >= 0.6 is 0 Å². The Bertz CT molecular complexity index is 135. The molecule has 0 fully saturated rings. The van der Waals surface area contributed by atoms with Crippen LogP contribution in [0.2, 0.25) is 0 Å². The first-order chi connectivity index (χ1) is 6.56. The number of rotatable bonds is 7. The molecule has 0 saturated carbocycles. The maximum Gasteiger partial charge on any atom is 0.0511 e. The van der Waals surface area contributed by atoms with E-state index in [9.17, 15) is 10.2 Å². The molecule has 0 saturated heterocycles. The summed E-state index contributed by atoms with van der Waals surface area (Å²) in [6, 6.07) is 0. The van der Waals surface area contributed by atoms with E-state index in [1.165, 1.54) is 0 Å². The van der Waals surface area contributed by atoms with Gasteiger partial charge in [-0.15, -0.1) is 0 Å². The second-order valence-electron chi connectivity index (χ2n) is 4.72. The van der Waals surface area contributed by atoms with E-state index in [0.717, 1.165) is 19.3 Å². The van der Waals surface area contributed by atoms with E-state index in [4.69, 9.17) is 0 Å². The number of hydrogen-bond acceptors (Lipinski definition) is 2. The zero-order valence-electron chi connectivity index (χ0n) is 10.1. The summed E-state index contributed by atoms with van der Waals surface area (Å²) in [5.74, 6) is 0.954. The Morgan fingerprint density at radius 3 is 1.64 bits per heavy atom. The van der Waals surface area contributed by atoms with Crippen LogP contribution in [-0.4, -0.2) is 23.4 Å². The molecule has 0 heterocycles. The van der Waals surface area contributed by atoms with E-state index >= 15 is 0 Å². The molecule has 0 spiro atoms. The molecule has 2 heteroatoms. The fourth-order valence-corrected chi connectivity index (χ4v) is 1.93. The first kappa shape index (κ1) is 13.9. The number of aliphatic hydroxyl groups is 2. The minimum Gasteiger partial charge on any atom is -0.396 e. The van der Waals surface area contributed by atoms with Crippen molar-refractivity contribution in [2.24, 2.45) is 17.3 Å². The monoisotopic (exact) mass is 202 g/mol. The third-order valence-electron chi connectivity index (χ3n) is 3.70. The van der Waals surface area contributed by atoms with Crippen molar-refractivity contribution in [1.82, 2.24) is 0 Å². The fraction of sp³-hybridized carbons (Fsp3) is 1.00. The van der Waals surface area contributed by atoms with Crippen LogP contribution in [0.3, 0.4) is 0 Å². The summed E-state index contributed by atoms with van der Waals surface area (Å²) in [6.45, 7) is 8.70. The van der Waals surface area contributed by atoms with Gasteiger partial charge in [0.15, 0.2) is 0 Å². The minimum atomic E-state index is -0.281. The molecule has 86 valence electrons. The molecule has 2 N–H and O–H groups in total. The molecule has 0 radical (unpaired) electrons. The Kier molecular flexibility index (Phi) is 6.38. The van der Waals surface area contributed by atoms with E-state index in [1.54, 1.807) is 0 Å². The Morgan fingerprint density at radius 2 is 1.43 bits per heavy atom. The van der Waals surface area contributed by atoms with E-state index in [-0.39, 0.29) is 18.6 Å². The third kappa shape index (κ3) is 3.25. The summed E-state index contributed by atoms with van der Waals surface area (Å²) in [5.41, 5.74) is -0.281. The van der Waals surface area contributed by atoms with Gasteiger partial charge in [0.25, 0.3) is 0 Å². The number of aliphatic hydroxyl groups excluding tert-OH is 2. The molecule has 0 aromatic carbocycles. The van der Waals surface area contributed by atoms with Crippen LogP contribution in [0.15, 0.2) is 0 Å². The molecule has 0 amide bonds. The van der Waals surface area contributed by atoms with Crippen molar-refractivity contribution in [2.45, 2.75) is 47.0 Å². The average Bonchev–Trinajstić information content (AvgIpc) is 2.20. The fourth-order valence-electron chi connectivity index (χ4n) is 1.93. The smallest absolute Gasteiger partial charge is 0.0511 e. The lowest BCUT2D eigenvalue weighted by Gasteiger charge is -2.36. The molecule has 0 aliphatic heterocycles. The van der Waals surface area contributed by atoms with E-state index in [2.05, 4.69) is 27.7 Å². The maximum atomic E-state index is 9.43. The van der Waals surface area contributed by atoms with Crippen molar-refractivity contribution in [3.8, 4) is 0 Å². The molecule has 14 heavy (non-hydrogen) atoms. The molecular formula is C12H26O2. The largest absolute Gasteiger partial charge is 0.396 e. The Morgan fingerprint density at radius 1 is 1.00 bits per heavy atom. The normalized spacial score (nSPS) is 12.9. The summed E-state index contributed by atoms with van der Waals surface area (Å²) in [6.07, 6.45) is 3.20. The molecule has 0 rings (SSSR count). The van der Waals surface area contributed by atoms with Crippen molar-refractivity contribution in [1.29, 1.82) is 0 Å². The van der Waals surface area contributed by atoms with Crippen molar-refractivity contribution in [3.63, 3.8) is 0 Å². The standard InChI is InChI=1S/C12H26O2/c1-5-11(6-2)7-12(8-13,9-14)10(3)4/h10-11,13-14H,5-9H2,1-4H3. The van der Waals surface area contributed by atoms with Gasteiger partial charge < -0.3 is 10.2 Å². The molecule has 2 nitrogen and oxygen atoms in total. The quantitative estimate of drug-likeness (QED) is 0.665. The first-order valence-corrected chi connectivity index (χ1v) is 5.78. The Labute approximate surface area is 88.3 Å². The lowest BCUT2D eigenvalue weighted by atomic mass is 9.71. The van der Waals surface area contributed by atoms with E-state index < -0.39 is 0 Å². The van der Waals surface area contributed by atoms with Crippen molar-refractivity contribution in [3.05, 3.63) is 0 Å². The van der Waals surface area contributed by atoms with Crippen LogP contribution < -0.4 is 0 Å². The lowest BCUT2D eigenvalue weighted by molar-refractivity contribution is -0.00510. The van der Waals surface area contributed by atoms with Crippen molar-refractivity contribution < 1.29 is 10.2 Å². The SMILES string of the molecule is CCC(CC)CC(CO)(CO)C(C)C. The van der Waals surface area contributed by atoms with Crippen LogP contribution in [0, 0.1) is 17.3 Å². The predicted octanol–water partition coefficient (Wildman–Crippen LogP) is 2.44. The summed E-state index contributed by atoms with van der Waals surface area (Å²) in [7, 11) is 0. The van der Waals surface area contributed by atoms with Gasteiger partial charge in [-0.05, 0) is 18.3 Å². The van der Waals surface area contributed by atoms with Gasteiger partial charge in [-0.3, -0.25) is 0 Å². The van der Waals surface area contributed by atoms with Gasteiger partial charge in [0.05, 0.1) is 13.2 Å². The van der Waals surface area contributed by atoms with E-state index in [0.29, 0.717) is 11.8 Å². The summed E-state index contributed by atoms with van der Waals surface area (Å²) < 4.78 is 0. The summed E-state index contributed by atoms with van der Waals surface area (Å²) in [4.78, 5) is 0. The Balaban J connectivity index is 4.48. The van der Waals surface area contributed by atoms with Gasteiger partial charge in [0.1, 0.15) is 0 Å². The third-order valence-corrected chi connectivity index (χ3v) is 3.70. The second-order valence-corrected chi connectivity index (χ2v) is 4.72. The van der Waals surface area contributed by atoms with Gasteiger partial charge in [-0.2, -0.15) is 0 Å². The van der Waals surface area contributed by atoms with Crippen LogP contribution in [-0.2, 0) is 0 Å². The van der Waals surface area contributed by atoms with Crippen LogP contribution in [0.1, 0.15) is 47.0 Å². The Hall–Kier alpha value is -0.0800. The highest BCUT2D eigenvalue weighted by Crippen LogP contribution is 2.35. The van der Waals surface area contributed by atoms with Crippen LogP contribution in [0.4, 0.5) is 0 Å². The van der Waals surface area contributed by atoms with Crippen molar-refractivity contribution in [2.75, 3.05) is 13.2 Å². The van der Waals surface area contributed by atoms with Crippen LogP contribution in [0.5, 0.6) is 0 Å². The lowest BCUT2D eigenvalue weighted by Crippen LogP contribution is -2.37.